The van der Waals surface area contributed by atoms with E-state index >= 15 is 0 Å². The zero-order chi connectivity index (χ0) is 19.9. The predicted molar refractivity (Wildman–Crippen MR) is 97.0 cm³/mol. The maximum Gasteiger partial charge on any atom is 0.417 e. The van der Waals surface area contributed by atoms with Crippen molar-refractivity contribution in [1.29, 1.82) is 0 Å². The normalized spacial score (nSPS) is 12.0. The van der Waals surface area contributed by atoms with Crippen molar-refractivity contribution in [2.45, 2.75) is 24.0 Å². The molecule has 0 amide bonds. The lowest BCUT2D eigenvalue weighted by Gasteiger charge is -2.08. The van der Waals surface area contributed by atoms with Crippen LogP contribution in [-0.4, -0.2) is 24.7 Å². The van der Waals surface area contributed by atoms with Crippen LogP contribution >= 0.6 is 23.4 Å². The molecule has 144 valence electrons. The summed E-state index contributed by atoms with van der Waals surface area (Å²) in [4.78, 5) is 4.30. The highest BCUT2D eigenvalue weighted by molar-refractivity contribution is 7.98. The van der Waals surface area contributed by atoms with E-state index in [-0.39, 0.29) is 21.6 Å². The number of alkyl halides is 3. The van der Waals surface area contributed by atoms with Crippen LogP contribution in [0.4, 0.5) is 13.2 Å². The van der Waals surface area contributed by atoms with Crippen LogP contribution in [0.15, 0.2) is 46.2 Å². The summed E-state index contributed by atoms with van der Waals surface area (Å²) in [5, 5.41) is 11.8. The number of hydrogen-bond acceptors (Lipinski definition) is 6. The summed E-state index contributed by atoms with van der Waals surface area (Å²) >= 11 is 7.02. The second-order valence-corrected chi connectivity index (χ2v) is 7.27. The van der Waals surface area contributed by atoms with Crippen LogP contribution in [0.1, 0.15) is 17.0 Å². The minimum absolute atomic E-state index is 0.131. The van der Waals surface area contributed by atoms with E-state index in [0.29, 0.717) is 11.7 Å². The van der Waals surface area contributed by atoms with Gasteiger partial charge in [-0.1, -0.05) is 58.3 Å². The van der Waals surface area contributed by atoms with Crippen molar-refractivity contribution >= 4 is 29.0 Å². The van der Waals surface area contributed by atoms with E-state index in [1.165, 1.54) is 4.40 Å². The number of aryl methyl sites for hydroxylation is 1. The number of fused-ring (bicyclic) bond motifs is 1. The van der Waals surface area contributed by atoms with Gasteiger partial charge in [0.2, 0.25) is 11.7 Å². The van der Waals surface area contributed by atoms with Gasteiger partial charge in [-0.15, -0.1) is 10.2 Å². The summed E-state index contributed by atoms with van der Waals surface area (Å²) in [5.41, 5.74) is 1.17. The van der Waals surface area contributed by atoms with Crippen LogP contribution in [0, 0.1) is 6.92 Å². The highest BCUT2D eigenvalue weighted by atomic mass is 35.5. The molecule has 0 aliphatic heterocycles. The molecule has 3 aromatic heterocycles. The number of benzene rings is 1. The van der Waals surface area contributed by atoms with Crippen molar-refractivity contribution in [2.24, 2.45) is 0 Å². The molecule has 28 heavy (non-hydrogen) atoms. The van der Waals surface area contributed by atoms with Crippen molar-refractivity contribution in [3.05, 3.63) is 58.6 Å². The Hall–Kier alpha value is -2.59. The number of pyridine rings is 1. The van der Waals surface area contributed by atoms with E-state index in [1.54, 1.807) is 0 Å². The van der Waals surface area contributed by atoms with Gasteiger partial charge in [-0.3, -0.25) is 4.40 Å². The molecule has 0 aliphatic rings. The van der Waals surface area contributed by atoms with Crippen molar-refractivity contribution in [2.75, 3.05) is 0 Å². The van der Waals surface area contributed by atoms with Crippen LogP contribution in [0.5, 0.6) is 0 Å². The molecular formula is C17H11ClF3N5OS. The quantitative estimate of drug-likeness (QED) is 0.426. The number of thioether (sulfide) groups is 1. The minimum atomic E-state index is -4.53. The van der Waals surface area contributed by atoms with Crippen molar-refractivity contribution in [3.8, 4) is 11.4 Å². The van der Waals surface area contributed by atoms with E-state index in [1.807, 2.05) is 31.2 Å². The van der Waals surface area contributed by atoms with Gasteiger partial charge in [-0.25, -0.2) is 0 Å². The first-order valence-electron chi connectivity index (χ1n) is 7.95. The van der Waals surface area contributed by atoms with E-state index in [4.69, 9.17) is 16.1 Å². The van der Waals surface area contributed by atoms with E-state index in [0.717, 1.165) is 35.2 Å². The zero-order valence-electron chi connectivity index (χ0n) is 14.2. The lowest BCUT2D eigenvalue weighted by atomic mass is 10.1. The molecule has 0 N–H and O–H groups in total. The molecule has 6 nitrogen and oxygen atoms in total. The molecule has 0 fully saturated rings. The second kappa shape index (κ2) is 7.10. The molecule has 1 aromatic carbocycles. The van der Waals surface area contributed by atoms with Gasteiger partial charge in [0.05, 0.1) is 16.3 Å². The van der Waals surface area contributed by atoms with Gasteiger partial charge >= 0.3 is 6.18 Å². The average molecular weight is 426 g/mol. The van der Waals surface area contributed by atoms with E-state index in [2.05, 4.69) is 20.3 Å². The Balaban J connectivity index is 1.56. The molecule has 11 heteroatoms. The SMILES string of the molecule is Cc1ccc(-c2noc(CSc3nnc4c(Cl)cc(C(F)(F)F)cn34)n2)cc1. The van der Waals surface area contributed by atoms with Crippen molar-refractivity contribution < 1.29 is 17.7 Å². The van der Waals surface area contributed by atoms with Gasteiger partial charge in [0.1, 0.15) is 0 Å². The summed E-state index contributed by atoms with van der Waals surface area (Å²) in [7, 11) is 0. The summed E-state index contributed by atoms with van der Waals surface area (Å²) in [6, 6.07) is 8.45. The van der Waals surface area contributed by atoms with Gasteiger partial charge < -0.3 is 4.52 Å². The summed E-state index contributed by atoms with van der Waals surface area (Å²) in [6.45, 7) is 1.97. The van der Waals surface area contributed by atoms with E-state index < -0.39 is 11.7 Å². The molecule has 0 radical (unpaired) electrons. The Morgan fingerprint density at radius 3 is 2.64 bits per heavy atom. The molecule has 0 atom stereocenters. The lowest BCUT2D eigenvalue weighted by molar-refractivity contribution is -0.137. The molecule has 0 saturated carbocycles. The van der Waals surface area contributed by atoms with Gasteiger partial charge in [-0.2, -0.15) is 18.2 Å². The second-order valence-electron chi connectivity index (χ2n) is 5.92. The van der Waals surface area contributed by atoms with Crippen molar-refractivity contribution in [1.82, 2.24) is 24.7 Å². The molecule has 3 heterocycles. The highest BCUT2D eigenvalue weighted by Gasteiger charge is 2.32. The molecule has 0 spiro atoms. The molecule has 0 saturated heterocycles. The Kier molecular flexibility index (Phi) is 4.76. The smallest absolute Gasteiger partial charge is 0.338 e. The summed E-state index contributed by atoms with van der Waals surface area (Å²) in [6.07, 6.45) is -3.62. The lowest BCUT2D eigenvalue weighted by Crippen LogP contribution is -2.07. The van der Waals surface area contributed by atoms with Crippen LogP contribution in [0.3, 0.4) is 0 Å². The Labute approximate surface area is 165 Å². The minimum Gasteiger partial charge on any atom is -0.338 e. The maximum atomic E-state index is 13.0. The predicted octanol–water partition coefficient (Wildman–Crippen LogP) is 5.05. The molecule has 0 unspecified atom stereocenters. The Morgan fingerprint density at radius 1 is 1.18 bits per heavy atom. The number of nitrogens with zero attached hydrogens (tertiary/aromatic N) is 5. The maximum absolute atomic E-state index is 13.0. The van der Waals surface area contributed by atoms with Gasteiger partial charge in [-0.05, 0) is 13.0 Å². The van der Waals surface area contributed by atoms with Gasteiger partial charge in [0.25, 0.3) is 0 Å². The fourth-order valence-corrected chi connectivity index (χ4v) is 3.44. The van der Waals surface area contributed by atoms with Gasteiger partial charge in [0, 0.05) is 11.8 Å². The highest BCUT2D eigenvalue weighted by Crippen LogP contribution is 2.33. The van der Waals surface area contributed by atoms with Crippen LogP contribution < -0.4 is 0 Å². The van der Waals surface area contributed by atoms with Crippen LogP contribution in [-0.2, 0) is 11.9 Å². The summed E-state index contributed by atoms with van der Waals surface area (Å²) < 4.78 is 45.5. The Bertz CT molecular complexity index is 1140. The monoisotopic (exact) mass is 425 g/mol. The largest absolute Gasteiger partial charge is 0.417 e. The first-order valence-corrected chi connectivity index (χ1v) is 9.31. The fourth-order valence-electron chi connectivity index (χ4n) is 2.45. The third kappa shape index (κ3) is 3.69. The average Bonchev–Trinajstić information content (AvgIpc) is 3.27. The number of hydrogen-bond donors (Lipinski definition) is 0. The zero-order valence-corrected chi connectivity index (χ0v) is 15.8. The molecule has 0 bridgehead atoms. The first-order chi connectivity index (χ1) is 13.3. The van der Waals surface area contributed by atoms with Crippen molar-refractivity contribution in [3.63, 3.8) is 0 Å². The number of halogens is 4. The Morgan fingerprint density at radius 2 is 1.93 bits per heavy atom. The molecule has 0 aliphatic carbocycles. The van der Waals surface area contributed by atoms with Crippen LogP contribution in [0.2, 0.25) is 5.02 Å². The topological polar surface area (TPSA) is 69.1 Å². The molecule has 4 rings (SSSR count). The molecular weight excluding hydrogens is 415 g/mol. The van der Waals surface area contributed by atoms with Gasteiger partial charge in [0.15, 0.2) is 10.8 Å². The third-order valence-corrected chi connectivity index (χ3v) is 5.06. The standard InChI is InChI=1S/C17H11ClF3N5OS/c1-9-2-4-10(5-3-9)14-22-13(27-25-14)8-28-16-24-23-15-12(18)6-11(7-26(15)16)17(19,20)21/h2-7H,8H2,1H3. The third-order valence-electron chi connectivity index (χ3n) is 3.86. The summed E-state index contributed by atoms with van der Waals surface area (Å²) in [5.74, 6) is 0.965. The molecule has 4 aromatic rings. The fraction of sp³-hybridized carbons (Fsp3) is 0.176. The number of rotatable bonds is 4. The van der Waals surface area contributed by atoms with E-state index in [9.17, 15) is 13.2 Å². The van der Waals surface area contributed by atoms with Crippen LogP contribution in [0.25, 0.3) is 17.0 Å². The number of aromatic nitrogens is 5. The first kappa shape index (κ1) is 18.8.